The van der Waals surface area contributed by atoms with E-state index in [1.807, 2.05) is 0 Å². The molecule has 0 aliphatic carbocycles. The molecule has 20 heavy (non-hydrogen) atoms. The van der Waals surface area contributed by atoms with Crippen molar-refractivity contribution in [3.8, 4) is 11.5 Å². The van der Waals surface area contributed by atoms with Crippen LogP contribution in [0.4, 0.5) is 0 Å². The molecule has 0 fully saturated rings. The minimum atomic E-state index is -0.0502. The first kappa shape index (κ1) is 18.9. The van der Waals surface area contributed by atoms with E-state index in [0.29, 0.717) is 22.9 Å². The third kappa shape index (κ3) is 6.39. The summed E-state index contributed by atoms with van der Waals surface area (Å²) in [4.78, 5) is 1.17. The van der Waals surface area contributed by atoms with E-state index in [-0.39, 0.29) is 31.0 Å². The molecule has 102 valence electrons. The first-order valence-electron chi connectivity index (χ1n) is 5.79. The molecule has 0 aliphatic heterocycles. The number of para-hydroxylation sites is 2. The van der Waals surface area contributed by atoms with Crippen LogP contribution in [0.5, 0.6) is 11.5 Å². The first-order valence-corrected chi connectivity index (χ1v) is 6.60. The molecule has 0 bridgehead atoms. The van der Waals surface area contributed by atoms with E-state index in [4.69, 9.17) is 11.5 Å². The van der Waals surface area contributed by atoms with E-state index >= 15 is 0 Å². The van der Waals surface area contributed by atoms with Crippen LogP contribution >= 0.6 is 11.8 Å². The molecule has 0 atom stereocenters. The van der Waals surface area contributed by atoms with Gasteiger partial charge in [0.05, 0.1) is 0 Å². The summed E-state index contributed by atoms with van der Waals surface area (Å²) < 4.78 is 0. The van der Waals surface area contributed by atoms with Gasteiger partial charge in [-0.05, 0) is 12.1 Å². The van der Waals surface area contributed by atoms with Gasteiger partial charge in [0, 0.05) is 22.9 Å². The van der Waals surface area contributed by atoms with E-state index < -0.39 is 0 Å². The van der Waals surface area contributed by atoms with E-state index in [1.165, 1.54) is 23.9 Å². The maximum absolute atomic E-state index is 11.4. The average molecular weight is 342 g/mol. The van der Waals surface area contributed by atoms with Crippen LogP contribution in [0.15, 0.2) is 58.3 Å². The van der Waals surface area contributed by atoms with Crippen molar-refractivity contribution < 1.29 is 29.7 Å². The largest absolute Gasteiger partial charge is 2.00 e. The fourth-order valence-corrected chi connectivity index (χ4v) is 2.05. The standard InChI is InChI=1S/C12H10O2S.C2H8N2.Zn/c13-9-5-1-3-7-11(9)15-12-8-4-2-6-10(12)14;3-1-2-4;/h1-8,13-14H;1-4H2;/q;;+2/p-2. The van der Waals surface area contributed by atoms with Gasteiger partial charge < -0.3 is 21.7 Å². The van der Waals surface area contributed by atoms with Crippen LogP contribution < -0.4 is 21.7 Å². The Morgan fingerprint density at radius 3 is 1.40 bits per heavy atom. The Hall–Kier alpha value is -1.07. The summed E-state index contributed by atoms with van der Waals surface area (Å²) in [5.74, 6) is -0.100. The molecule has 2 aromatic carbocycles. The van der Waals surface area contributed by atoms with Gasteiger partial charge in [-0.1, -0.05) is 59.7 Å². The second-order valence-electron chi connectivity index (χ2n) is 3.57. The fourth-order valence-electron chi connectivity index (χ4n) is 1.19. The predicted octanol–water partition coefficient (Wildman–Crippen LogP) is 0.886. The third-order valence-corrected chi connectivity index (χ3v) is 3.20. The van der Waals surface area contributed by atoms with Gasteiger partial charge in [-0.25, -0.2) is 0 Å². The molecule has 0 radical (unpaired) electrons. The molecule has 0 unspecified atom stereocenters. The Labute approximate surface area is 135 Å². The van der Waals surface area contributed by atoms with Gasteiger partial charge in [-0.2, -0.15) is 0 Å². The molecule has 2 rings (SSSR count). The molecule has 0 amide bonds. The second kappa shape index (κ2) is 10.7. The zero-order chi connectivity index (χ0) is 14.1. The summed E-state index contributed by atoms with van der Waals surface area (Å²) in [5.41, 5.74) is 9.81. The Morgan fingerprint density at radius 2 is 1.10 bits per heavy atom. The molecule has 0 aliphatic rings. The van der Waals surface area contributed by atoms with Gasteiger partial charge in [0.1, 0.15) is 0 Å². The van der Waals surface area contributed by atoms with Gasteiger partial charge >= 0.3 is 19.5 Å². The molecule has 2 aromatic rings. The first-order chi connectivity index (χ1) is 9.19. The van der Waals surface area contributed by atoms with E-state index in [9.17, 15) is 10.2 Å². The molecule has 4 N–H and O–H groups in total. The molecule has 0 aromatic heterocycles. The van der Waals surface area contributed by atoms with Crippen LogP contribution in [0, 0.1) is 0 Å². The van der Waals surface area contributed by atoms with Crippen LogP contribution in [0.3, 0.4) is 0 Å². The molecular weight excluding hydrogens is 326 g/mol. The van der Waals surface area contributed by atoms with Crippen LogP contribution in [-0.4, -0.2) is 13.1 Å². The normalized spacial score (nSPS) is 9.10. The summed E-state index contributed by atoms with van der Waals surface area (Å²) >= 11 is 1.22. The van der Waals surface area contributed by atoms with E-state index in [1.54, 1.807) is 36.4 Å². The zero-order valence-electron chi connectivity index (χ0n) is 11.1. The van der Waals surface area contributed by atoms with Crippen LogP contribution in [0.25, 0.3) is 0 Å². The van der Waals surface area contributed by atoms with E-state index in [0.717, 1.165) is 0 Å². The SMILES string of the molecule is NCCN.[O-]c1ccccc1Sc1ccccc1[O-].[Zn+2]. The van der Waals surface area contributed by atoms with Crippen molar-refractivity contribution >= 4 is 11.8 Å². The number of hydrogen-bond acceptors (Lipinski definition) is 5. The van der Waals surface area contributed by atoms with Crippen molar-refractivity contribution in [2.75, 3.05) is 13.1 Å². The molecule has 6 heteroatoms. The second-order valence-corrected chi connectivity index (χ2v) is 4.66. The number of rotatable bonds is 3. The van der Waals surface area contributed by atoms with Crippen molar-refractivity contribution in [3.05, 3.63) is 48.5 Å². The van der Waals surface area contributed by atoms with Crippen molar-refractivity contribution in [1.29, 1.82) is 0 Å². The average Bonchev–Trinajstić information content (AvgIpc) is 2.44. The Morgan fingerprint density at radius 1 is 0.750 bits per heavy atom. The third-order valence-electron chi connectivity index (χ3n) is 2.08. The van der Waals surface area contributed by atoms with Crippen molar-refractivity contribution in [1.82, 2.24) is 0 Å². The van der Waals surface area contributed by atoms with Gasteiger partial charge in [-0.15, -0.1) is 0 Å². The van der Waals surface area contributed by atoms with Crippen molar-refractivity contribution in [3.63, 3.8) is 0 Å². The molecule has 4 nitrogen and oxygen atoms in total. The Bertz CT molecular complexity index is 467. The number of benzene rings is 2. The molecule has 0 heterocycles. The molecule has 0 saturated heterocycles. The topological polar surface area (TPSA) is 98.2 Å². The summed E-state index contributed by atoms with van der Waals surface area (Å²) in [7, 11) is 0. The number of hydrogen-bond donors (Lipinski definition) is 2. The van der Waals surface area contributed by atoms with Crippen LogP contribution in [0.2, 0.25) is 0 Å². The molecular formula is C14H16N2O2SZn. The van der Waals surface area contributed by atoms with E-state index in [2.05, 4.69) is 0 Å². The maximum atomic E-state index is 11.4. The van der Waals surface area contributed by atoms with Crippen LogP contribution in [-0.2, 0) is 19.5 Å². The van der Waals surface area contributed by atoms with Gasteiger partial charge in [-0.3, -0.25) is 0 Å². The summed E-state index contributed by atoms with van der Waals surface area (Å²) in [6.07, 6.45) is 0. The Balaban J connectivity index is 0.000000644. The maximum Gasteiger partial charge on any atom is 2.00 e. The minimum absolute atomic E-state index is 0. The van der Waals surface area contributed by atoms with Crippen LogP contribution in [0.1, 0.15) is 0 Å². The van der Waals surface area contributed by atoms with Crippen molar-refractivity contribution in [2.24, 2.45) is 11.5 Å². The summed E-state index contributed by atoms with van der Waals surface area (Å²) in [6.45, 7) is 1.19. The van der Waals surface area contributed by atoms with Gasteiger partial charge in [0.25, 0.3) is 0 Å². The fraction of sp³-hybridized carbons (Fsp3) is 0.143. The zero-order valence-corrected chi connectivity index (χ0v) is 14.9. The summed E-state index contributed by atoms with van der Waals surface area (Å²) in [6, 6.07) is 13.4. The van der Waals surface area contributed by atoms with Gasteiger partial charge in [0.15, 0.2) is 0 Å². The number of nitrogens with two attached hydrogens (primary N) is 2. The smallest absolute Gasteiger partial charge is 0.872 e. The Kier molecular flexibility index (Phi) is 10.1. The minimum Gasteiger partial charge on any atom is -0.872 e. The molecule has 0 saturated carbocycles. The molecule has 0 spiro atoms. The predicted molar refractivity (Wildman–Crippen MR) is 74.0 cm³/mol. The quantitative estimate of drug-likeness (QED) is 0.808. The summed E-state index contributed by atoms with van der Waals surface area (Å²) in [5, 5.41) is 22.8. The van der Waals surface area contributed by atoms with Crippen molar-refractivity contribution in [2.45, 2.75) is 9.79 Å². The monoisotopic (exact) mass is 340 g/mol. The van der Waals surface area contributed by atoms with Gasteiger partial charge in [0.2, 0.25) is 0 Å².